The first kappa shape index (κ1) is 13.8. The third-order valence-electron chi connectivity index (χ3n) is 3.06. The number of hydrogen-bond acceptors (Lipinski definition) is 4. The molecule has 1 aromatic heterocycles. The Morgan fingerprint density at radius 2 is 1.71 bits per heavy atom. The maximum absolute atomic E-state index is 10.2. The van der Waals surface area contributed by atoms with Crippen molar-refractivity contribution in [3.8, 4) is 0 Å². The van der Waals surface area contributed by atoms with Crippen LogP contribution in [0.5, 0.6) is 0 Å². The van der Waals surface area contributed by atoms with Crippen molar-refractivity contribution in [3.05, 3.63) is 18.5 Å². The van der Waals surface area contributed by atoms with Crippen molar-refractivity contribution < 1.29 is 5.11 Å². The minimum Gasteiger partial charge on any atom is -0.388 e. The van der Waals surface area contributed by atoms with Gasteiger partial charge < -0.3 is 15.7 Å². The molecule has 3 N–H and O–H groups in total. The molecule has 0 aliphatic rings. The van der Waals surface area contributed by atoms with E-state index in [1.165, 1.54) is 0 Å². The summed E-state index contributed by atoms with van der Waals surface area (Å²) in [7, 11) is 0. The molecule has 0 spiro atoms. The van der Waals surface area contributed by atoms with E-state index in [1.54, 1.807) is 12.4 Å². The topological polar surface area (TPSA) is 57.2 Å². The molecule has 0 atom stereocenters. The number of nitrogens with one attached hydrogen (secondary N) is 2. The van der Waals surface area contributed by atoms with Gasteiger partial charge in [0.2, 0.25) is 0 Å². The summed E-state index contributed by atoms with van der Waals surface area (Å²) >= 11 is 0. The van der Waals surface area contributed by atoms with E-state index in [9.17, 15) is 5.11 Å². The molecule has 0 unspecified atom stereocenters. The second kappa shape index (κ2) is 6.45. The van der Waals surface area contributed by atoms with E-state index < -0.39 is 5.60 Å². The van der Waals surface area contributed by atoms with E-state index in [2.05, 4.69) is 15.6 Å². The molecule has 0 saturated carbocycles. The summed E-state index contributed by atoms with van der Waals surface area (Å²) in [4.78, 5) is 4.15. The molecule has 0 bridgehead atoms. The van der Waals surface area contributed by atoms with Crippen LogP contribution in [0.25, 0.3) is 0 Å². The van der Waals surface area contributed by atoms with Crippen LogP contribution in [0.4, 0.5) is 11.4 Å². The lowest BCUT2D eigenvalue weighted by Crippen LogP contribution is -2.35. The van der Waals surface area contributed by atoms with Crippen molar-refractivity contribution in [2.45, 2.75) is 39.2 Å². The predicted octanol–water partition coefficient (Wildman–Crippen LogP) is 2.48. The molecule has 1 heterocycles. The van der Waals surface area contributed by atoms with Crippen LogP contribution in [0, 0.1) is 0 Å². The Morgan fingerprint density at radius 1 is 1.12 bits per heavy atom. The maximum Gasteiger partial charge on any atom is 0.0814 e. The number of rotatable bonds is 7. The summed E-state index contributed by atoms with van der Waals surface area (Å²) in [6.45, 7) is 7.47. The van der Waals surface area contributed by atoms with E-state index in [-0.39, 0.29) is 0 Å². The van der Waals surface area contributed by atoms with Crippen LogP contribution in [0.3, 0.4) is 0 Å². The molecule has 0 amide bonds. The Hall–Kier alpha value is -1.29. The van der Waals surface area contributed by atoms with Crippen LogP contribution >= 0.6 is 0 Å². The SMILES string of the molecule is CCNc1cncc(NCC(O)(CC)CC)c1. The van der Waals surface area contributed by atoms with Gasteiger partial charge in [0, 0.05) is 13.1 Å². The van der Waals surface area contributed by atoms with Gasteiger partial charge in [-0.3, -0.25) is 4.98 Å². The lowest BCUT2D eigenvalue weighted by molar-refractivity contribution is 0.0457. The van der Waals surface area contributed by atoms with Crippen molar-refractivity contribution >= 4 is 11.4 Å². The fraction of sp³-hybridized carbons (Fsp3) is 0.615. The first-order valence-electron chi connectivity index (χ1n) is 6.28. The number of pyridine rings is 1. The van der Waals surface area contributed by atoms with Gasteiger partial charge in [-0.15, -0.1) is 0 Å². The smallest absolute Gasteiger partial charge is 0.0814 e. The van der Waals surface area contributed by atoms with Gasteiger partial charge >= 0.3 is 0 Å². The normalized spacial score (nSPS) is 11.3. The Labute approximate surface area is 103 Å². The molecule has 4 nitrogen and oxygen atoms in total. The van der Waals surface area contributed by atoms with E-state index in [1.807, 2.05) is 26.8 Å². The molecule has 17 heavy (non-hydrogen) atoms. The molecule has 1 aromatic rings. The van der Waals surface area contributed by atoms with Gasteiger partial charge in [-0.1, -0.05) is 13.8 Å². The molecule has 0 radical (unpaired) electrons. The molecular weight excluding hydrogens is 214 g/mol. The van der Waals surface area contributed by atoms with E-state index in [4.69, 9.17) is 0 Å². The first-order valence-corrected chi connectivity index (χ1v) is 6.28. The number of aliphatic hydroxyl groups is 1. The molecule has 0 saturated heterocycles. The van der Waals surface area contributed by atoms with Gasteiger partial charge in [-0.2, -0.15) is 0 Å². The average Bonchev–Trinajstić information content (AvgIpc) is 2.37. The highest BCUT2D eigenvalue weighted by molar-refractivity contribution is 5.54. The quantitative estimate of drug-likeness (QED) is 0.682. The Balaban J connectivity index is 2.59. The standard InChI is InChI=1S/C13H23N3O/c1-4-13(17,5-2)10-16-12-7-11(15-6-3)8-14-9-12/h7-9,15-17H,4-6,10H2,1-3H3. The average molecular weight is 237 g/mol. The van der Waals surface area contributed by atoms with Gasteiger partial charge in [0.05, 0.1) is 29.4 Å². The minimum atomic E-state index is -0.631. The van der Waals surface area contributed by atoms with Crippen LogP contribution in [0.1, 0.15) is 33.6 Å². The number of aromatic nitrogens is 1. The van der Waals surface area contributed by atoms with Crippen molar-refractivity contribution in [1.82, 2.24) is 4.98 Å². The van der Waals surface area contributed by atoms with Gasteiger partial charge in [-0.05, 0) is 25.8 Å². The Bertz CT molecular complexity index is 337. The summed E-state index contributed by atoms with van der Waals surface area (Å²) in [6.07, 6.45) is 5.06. The molecule has 0 fully saturated rings. The largest absolute Gasteiger partial charge is 0.388 e. The Morgan fingerprint density at radius 3 is 2.24 bits per heavy atom. The highest BCUT2D eigenvalue weighted by Gasteiger charge is 2.21. The van der Waals surface area contributed by atoms with Gasteiger partial charge in [0.15, 0.2) is 0 Å². The third kappa shape index (κ3) is 4.23. The maximum atomic E-state index is 10.2. The molecule has 1 rings (SSSR count). The van der Waals surface area contributed by atoms with Crippen molar-refractivity contribution in [2.75, 3.05) is 23.7 Å². The lowest BCUT2D eigenvalue weighted by Gasteiger charge is -2.25. The van der Waals surface area contributed by atoms with Crippen molar-refractivity contribution in [3.63, 3.8) is 0 Å². The minimum absolute atomic E-state index is 0.553. The highest BCUT2D eigenvalue weighted by Crippen LogP contribution is 2.17. The zero-order valence-corrected chi connectivity index (χ0v) is 11.0. The summed E-state index contributed by atoms with van der Waals surface area (Å²) in [5.74, 6) is 0. The number of anilines is 2. The van der Waals surface area contributed by atoms with Crippen molar-refractivity contribution in [1.29, 1.82) is 0 Å². The third-order valence-corrected chi connectivity index (χ3v) is 3.06. The van der Waals surface area contributed by atoms with Crippen LogP contribution in [0.15, 0.2) is 18.5 Å². The fourth-order valence-electron chi connectivity index (χ4n) is 1.60. The first-order chi connectivity index (χ1) is 8.13. The van der Waals surface area contributed by atoms with E-state index >= 15 is 0 Å². The molecule has 4 heteroatoms. The summed E-state index contributed by atoms with van der Waals surface area (Å²) < 4.78 is 0. The molecule has 96 valence electrons. The molecule has 0 aromatic carbocycles. The summed E-state index contributed by atoms with van der Waals surface area (Å²) in [5.41, 5.74) is 1.30. The zero-order valence-electron chi connectivity index (χ0n) is 11.0. The van der Waals surface area contributed by atoms with Crippen LogP contribution in [-0.2, 0) is 0 Å². The zero-order chi connectivity index (χ0) is 12.7. The second-order valence-corrected chi connectivity index (χ2v) is 4.28. The fourth-order valence-corrected chi connectivity index (χ4v) is 1.60. The van der Waals surface area contributed by atoms with Gasteiger partial charge in [0.25, 0.3) is 0 Å². The van der Waals surface area contributed by atoms with E-state index in [0.29, 0.717) is 6.54 Å². The summed E-state index contributed by atoms with van der Waals surface area (Å²) in [6, 6.07) is 2.00. The molecule has 0 aliphatic carbocycles. The van der Waals surface area contributed by atoms with Crippen LogP contribution < -0.4 is 10.6 Å². The molecule has 0 aliphatic heterocycles. The predicted molar refractivity (Wildman–Crippen MR) is 72.4 cm³/mol. The summed E-state index contributed by atoms with van der Waals surface area (Å²) in [5, 5.41) is 16.6. The number of nitrogens with zero attached hydrogens (tertiary/aromatic N) is 1. The van der Waals surface area contributed by atoms with Crippen LogP contribution in [-0.4, -0.2) is 28.8 Å². The highest BCUT2D eigenvalue weighted by atomic mass is 16.3. The Kier molecular flexibility index (Phi) is 5.22. The van der Waals surface area contributed by atoms with Crippen LogP contribution in [0.2, 0.25) is 0 Å². The van der Waals surface area contributed by atoms with Gasteiger partial charge in [-0.25, -0.2) is 0 Å². The van der Waals surface area contributed by atoms with Gasteiger partial charge in [0.1, 0.15) is 0 Å². The molecular formula is C13H23N3O. The number of hydrogen-bond donors (Lipinski definition) is 3. The van der Waals surface area contributed by atoms with Crippen molar-refractivity contribution in [2.24, 2.45) is 0 Å². The monoisotopic (exact) mass is 237 g/mol. The lowest BCUT2D eigenvalue weighted by atomic mass is 9.97. The van der Waals surface area contributed by atoms with E-state index in [0.717, 1.165) is 30.8 Å². The second-order valence-electron chi connectivity index (χ2n) is 4.28.